The van der Waals surface area contributed by atoms with Crippen molar-refractivity contribution in [3.05, 3.63) is 71.8 Å². The minimum atomic E-state index is -1.34. The van der Waals surface area contributed by atoms with Crippen LogP contribution in [0.4, 0.5) is 9.59 Å². The molecule has 2 amide bonds. The van der Waals surface area contributed by atoms with Crippen LogP contribution in [0, 0.1) is 0 Å². The van der Waals surface area contributed by atoms with Crippen LogP contribution in [0.2, 0.25) is 0 Å². The molecule has 0 heterocycles. The average molecular weight is 360 g/mol. The van der Waals surface area contributed by atoms with Crippen LogP contribution in [0.3, 0.4) is 0 Å². The molecule has 0 aromatic heterocycles. The van der Waals surface area contributed by atoms with Gasteiger partial charge in [-0.05, 0) is 17.4 Å². The molecule has 1 unspecified atom stereocenters. The van der Waals surface area contributed by atoms with Crippen molar-refractivity contribution < 1.29 is 19.8 Å². The number of carbonyl (C=O) groups is 2. The van der Waals surface area contributed by atoms with E-state index in [0.29, 0.717) is 0 Å². The Morgan fingerprint density at radius 3 is 1.96 bits per heavy atom. The zero-order chi connectivity index (χ0) is 18.3. The first-order chi connectivity index (χ1) is 12.0. The number of hydrogen-bond acceptors (Lipinski definition) is 3. The summed E-state index contributed by atoms with van der Waals surface area (Å²) in [5, 5.41) is 21.5. The van der Waals surface area contributed by atoms with Gasteiger partial charge in [0, 0.05) is 6.42 Å². The first-order valence-corrected chi connectivity index (χ1v) is 8.84. The molecule has 2 aromatic carbocycles. The van der Waals surface area contributed by atoms with E-state index in [1.807, 2.05) is 60.7 Å². The SMILES string of the molecule is CSC(Cc1ccccc1)(NC(=O)O)N(Cc1ccccc1)C(=O)O. The lowest BCUT2D eigenvalue weighted by Gasteiger charge is -2.41. The summed E-state index contributed by atoms with van der Waals surface area (Å²) in [4.78, 5) is 23.2. The summed E-state index contributed by atoms with van der Waals surface area (Å²) in [6, 6.07) is 18.3. The molecule has 2 rings (SSSR count). The number of thioether (sulfide) groups is 1. The Morgan fingerprint density at radius 1 is 1.00 bits per heavy atom. The molecule has 0 saturated heterocycles. The largest absolute Gasteiger partial charge is 0.465 e. The summed E-state index contributed by atoms with van der Waals surface area (Å²) in [5.41, 5.74) is 1.62. The molecule has 0 bridgehead atoms. The Morgan fingerprint density at radius 2 is 1.52 bits per heavy atom. The van der Waals surface area contributed by atoms with Gasteiger partial charge in [-0.1, -0.05) is 60.7 Å². The summed E-state index contributed by atoms with van der Waals surface area (Å²) in [7, 11) is 0. The van der Waals surface area contributed by atoms with Gasteiger partial charge >= 0.3 is 12.2 Å². The topological polar surface area (TPSA) is 89.9 Å². The summed E-state index contributed by atoms with van der Waals surface area (Å²) < 4.78 is 0. The van der Waals surface area contributed by atoms with Crippen LogP contribution in [0.15, 0.2) is 60.7 Å². The van der Waals surface area contributed by atoms with Crippen molar-refractivity contribution in [2.45, 2.75) is 18.0 Å². The van der Waals surface area contributed by atoms with E-state index in [2.05, 4.69) is 5.32 Å². The molecular formula is C18H20N2O4S. The van der Waals surface area contributed by atoms with Crippen LogP contribution < -0.4 is 5.32 Å². The maximum Gasteiger partial charge on any atom is 0.410 e. The van der Waals surface area contributed by atoms with Crippen LogP contribution in [0.1, 0.15) is 11.1 Å². The van der Waals surface area contributed by atoms with Crippen molar-refractivity contribution in [3.63, 3.8) is 0 Å². The average Bonchev–Trinajstić information content (AvgIpc) is 2.60. The zero-order valence-electron chi connectivity index (χ0n) is 13.8. The second kappa shape index (κ2) is 8.43. The van der Waals surface area contributed by atoms with Crippen LogP contribution in [-0.4, -0.2) is 38.6 Å². The second-order valence-corrected chi connectivity index (χ2v) is 6.52. The van der Waals surface area contributed by atoms with Crippen molar-refractivity contribution in [2.75, 3.05) is 6.26 Å². The van der Waals surface area contributed by atoms with Crippen LogP contribution >= 0.6 is 11.8 Å². The van der Waals surface area contributed by atoms with Crippen molar-refractivity contribution in [2.24, 2.45) is 0 Å². The van der Waals surface area contributed by atoms with E-state index in [1.54, 1.807) is 6.26 Å². The monoisotopic (exact) mass is 360 g/mol. The predicted molar refractivity (Wildman–Crippen MR) is 97.6 cm³/mol. The normalized spacial score (nSPS) is 12.8. The van der Waals surface area contributed by atoms with E-state index in [9.17, 15) is 19.8 Å². The van der Waals surface area contributed by atoms with Crippen molar-refractivity contribution in [1.82, 2.24) is 10.2 Å². The highest BCUT2D eigenvalue weighted by Gasteiger charge is 2.41. The Hall–Kier alpha value is -2.67. The highest BCUT2D eigenvalue weighted by molar-refractivity contribution is 7.99. The number of rotatable bonds is 7. The molecule has 6 nitrogen and oxygen atoms in total. The molecule has 132 valence electrons. The van der Waals surface area contributed by atoms with E-state index >= 15 is 0 Å². The Labute approximate surface area is 150 Å². The standard InChI is InChI=1S/C18H20N2O4S/c1-25-18(19-16(21)22,12-14-8-4-2-5-9-14)20(17(23)24)13-15-10-6-3-7-11-15/h2-11,19H,12-13H2,1H3,(H,21,22)(H,23,24). The maximum atomic E-state index is 12.0. The molecule has 0 aliphatic heterocycles. The molecule has 25 heavy (non-hydrogen) atoms. The lowest BCUT2D eigenvalue weighted by atomic mass is 10.1. The minimum absolute atomic E-state index is 0.0735. The number of hydrogen-bond donors (Lipinski definition) is 3. The van der Waals surface area contributed by atoms with Gasteiger partial charge in [0.05, 0.1) is 6.54 Å². The van der Waals surface area contributed by atoms with Crippen molar-refractivity contribution in [1.29, 1.82) is 0 Å². The minimum Gasteiger partial charge on any atom is -0.465 e. The summed E-state index contributed by atoms with van der Waals surface area (Å²) in [6.07, 6.45) is -0.562. The third kappa shape index (κ3) is 4.90. The molecule has 0 saturated carbocycles. The van der Waals surface area contributed by atoms with E-state index < -0.39 is 17.2 Å². The van der Waals surface area contributed by atoms with Gasteiger partial charge in [0.15, 0.2) is 4.99 Å². The zero-order valence-corrected chi connectivity index (χ0v) is 14.6. The highest BCUT2D eigenvalue weighted by atomic mass is 32.2. The molecule has 0 aliphatic rings. The summed E-state index contributed by atoms with van der Waals surface area (Å²) >= 11 is 1.15. The predicted octanol–water partition coefficient (Wildman–Crippen LogP) is 3.69. The fourth-order valence-corrected chi connectivity index (χ4v) is 3.46. The number of nitrogens with one attached hydrogen (secondary N) is 1. The molecule has 1 atom stereocenters. The van der Waals surface area contributed by atoms with Gasteiger partial charge in [0.2, 0.25) is 0 Å². The fraction of sp³-hybridized carbons (Fsp3) is 0.222. The lowest BCUT2D eigenvalue weighted by molar-refractivity contribution is 0.0928. The fourth-order valence-electron chi connectivity index (χ4n) is 2.60. The van der Waals surface area contributed by atoms with Crippen LogP contribution in [-0.2, 0) is 13.0 Å². The number of nitrogens with zero attached hydrogens (tertiary/aromatic N) is 1. The highest BCUT2D eigenvalue weighted by Crippen LogP contribution is 2.31. The van der Waals surface area contributed by atoms with Crippen molar-refractivity contribution >= 4 is 23.9 Å². The van der Waals surface area contributed by atoms with Gasteiger partial charge in [-0.2, -0.15) is 0 Å². The number of carboxylic acid groups (broad SMARTS) is 2. The van der Waals surface area contributed by atoms with Crippen molar-refractivity contribution in [3.8, 4) is 0 Å². The Kier molecular flexibility index (Phi) is 6.30. The van der Waals surface area contributed by atoms with Gasteiger partial charge < -0.3 is 10.2 Å². The van der Waals surface area contributed by atoms with Gasteiger partial charge in [0.1, 0.15) is 0 Å². The number of benzene rings is 2. The van der Waals surface area contributed by atoms with E-state index in [-0.39, 0.29) is 13.0 Å². The van der Waals surface area contributed by atoms with E-state index in [0.717, 1.165) is 27.8 Å². The van der Waals surface area contributed by atoms with Crippen LogP contribution in [0.5, 0.6) is 0 Å². The molecule has 0 aliphatic carbocycles. The maximum absolute atomic E-state index is 12.0. The quantitative estimate of drug-likeness (QED) is 0.655. The summed E-state index contributed by atoms with van der Waals surface area (Å²) in [5.74, 6) is 0. The number of amides is 2. The smallest absolute Gasteiger partial charge is 0.410 e. The Bertz CT molecular complexity index is 712. The Balaban J connectivity index is 2.41. The third-order valence-corrected chi connectivity index (χ3v) is 4.92. The third-order valence-electron chi connectivity index (χ3n) is 3.78. The first kappa shape index (κ1) is 18.7. The van der Waals surface area contributed by atoms with E-state index in [1.165, 1.54) is 0 Å². The van der Waals surface area contributed by atoms with Gasteiger partial charge in [-0.15, -0.1) is 11.8 Å². The second-order valence-electron chi connectivity index (χ2n) is 5.44. The van der Waals surface area contributed by atoms with Gasteiger partial charge in [-0.3, -0.25) is 10.2 Å². The molecule has 0 spiro atoms. The first-order valence-electron chi connectivity index (χ1n) is 7.61. The molecule has 0 fully saturated rings. The van der Waals surface area contributed by atoms with Gasteiger partial charge in [-0.25, -0.2) is 9.59 Å². The molecular weight excluding hydrogens is 340 g/mol. The van der Waals surface area contributed by atoms with E-state index in [4.69, 9.17) is 0 Å². The summed E-state index contributed by atoms with van der Waals surface area (Å²) in [6.45, 7) is 0.0735. The lowest BCUT2D eigenvalue weighted by Crippen LogP contribution is -2.60. The molecule has 0 radical (unpaired) electrons. The van der Waals surface area contributed by atoms with Crippen LogP contribution in [0.25, 0.3) is 0 Å². The molecule has 7 heteroatoms. The van der Waals surface area contributed by atoms with Gasteiger partial charge in [0.25, 0.3) is 0 Å². The molecule has 2 aromatic rings. The molecule has 3 N–H and O–H groups in total.